The second kappa shape index (κ2) is 8.73. The van der Waals surface area contributed by atoms with Crippen LogP contribution in [0.5, 0.6) is 5.75 Å². The molecule has 0 aromatic heterocycles. The molecule has 0 N–H and O–H groups in total. The van der Waals surface area contributed by atoms with E-state index in [0.29, 0.717) is 12.2 Å². The lowest BCUT2D eigenvalue weighted by Crippen LogP contribution is -2.08. The zero-order valence-electron chi connectivity index (χ0n) is 15.5. The molecule has 0 aliphatic rings. The molecule has 3 rings (SSSR count). The second-order valence-corrected chi connectivity index (χ2v) is 6.32. The van der Waals surface area contributed by atoms with Crippen LogP contribution in [0, 0.1) is 11.8 Å². The van der Waals surface area contributed by atoms with E-state index in [4.69, 9.17) is 4.74 Å². The number of anilines is 1. The number of rotatable bonds is 5. The molecule has 0 saturated heterocycles. The summed E-state index contributed by atoms with van der Waals surface area (Å²) in [5.74, 6) is 6.20. The van der Waals surface area contributed by atoms with Crippen molar-refractivity contribution in [3.8, 4) is 17.6 Å². The molecule has 3 aromatic rings. The highest BCUT2D eigenvalue weighted by Gasteiger charge is 2.03. The number of benzene rings is 3. The summed E-state index contributed by atoms with van der Waals surface area (Å²) in [4.78, 5) is 14.2. The predicted molar refractivity (Wildman–Crippen MR) is 109 cm³/mol. The van der Waals surface area contributed by atoms with Crippen molar-refractivity contribution in [2.75, 3.05) is 19.0 Å². The molecule has 0 aliphatic heterocycles. The number of hydrogen-bond acceptors (Lipinski definition) is 3. The van der Waals surface area contributed by atoms with Gasteiger partial charge in [0.1, 0.15) is 12.4 Å². The van der Waals surface area contributed by atoms with Crippen molar-refractivity contribution >= 4 is 11.5 Å². The van der Waals surface area contributed by atoms with Crippen LogP contribution >= 0.6 is 0 Å². The number of ether oxygens (including phenoxy) is 1. The molecule has 0 bridgehead atoms. The molecule has 0 aliphatic carbocycles. The smallest absolute Gasteiger partial charge is 0.236 e. The first kappa shape index (κ1) is 18.3. The average Bonchev–Trinajstić information content (AvgIpc) is 2.72. The van der Waals surface area contributed by atoms with E-state index >= 15 is 0 Å². The number of nitrogens with zero attached hydrogens (tertiary/aromatic N) is 1. The van der Waals surface area contributed by atoms with E-state index in [1.54, 1.807) is 12.1 Å². The molecule has 0 fully saturated rings. The predicted octanol–water partition coefficient (Wildman–Crippen LogP) is 4.57. The largest absolute Gasteiger partial charge is 0.489 e. The van der Waals surface area contributed by atoms with Gasteiger partial charge < -0.3 is 9.64 Å². The van der Waals surface area contributed by atoms with Gasteiger partial charge in [0.25, 0.3) is 0 Å². The van der Waals surface area contributed by atoms with Crippen LogP contribution in [0.2, 0.25) is 0 Å². The van der Waals surface area contributed by atoms with Crippen molar-refractivity contribution in [3.05, 3.63) is 95.6 Å². The van der Waals surface area contributed by atoms with E-state index in [2.05, 4.69) is 11.8 Å². The molecule has 0 heterocycles. The molecule has 3 aromatic carbocycles. The minimum absolute atomic E-state index is 0.190. The Labute approximate surface area is 160 Å². The van der Waals surface area contributed by atoms with E-state index in [-0.39, 0.29) is 5.78 Å². The minimum atomic E-state index is -0.190. The Balaban J connectivity index is 1.60. The topological polar surface area (TPSA) is 29.5 Å². The third kappa shape index (κ3) is 5.23. The molecule has 0 radical (unpaired) electrons. The first-order chi connectivity index (χ1) is 13.1. The van der Waals surface area contributed by atoms with Gasteiger partial charge in [-0.15, -0.1) is 0 Å². The molecule has 3 nitrogen and oxygen atoms in total. The fourth-order valence-electron chi connectivity index (χ4n) is 2.49. The third-order valence-corrected chi connectivity index (χ3v) is 4.07. The molecule has 27 heavy (non-hydrogen) atoms. The van der Waals surface area contributed by atoms with E-state index in [9.17, 15) is 4.79 Å². The highest BCUT2D eigenvalue weighted by atomic mass is 16.5. The second-order valence-electron chi connectivity index (χ2n) is 6.32. The van der Waals surface area contributed by atoms with Gasteiger partial charge in [-0.2, -0.15) is 0 Å². The van der Waals surface area contributed by atoms with Crippen LogP contribution in [0.3, 0.4) is 0 Å². The zero-order chi connectivity index (χ0) is 19.1. The van der Waals surface area contributed by atoms with Gasteiger partial charge in [-0.3, -0.25) is 4.79 Å². The number of carbonyl (C=O) groups excluding carboxylic acids is 1. The van der Waals surface area contributed by atoms with Crippen LogP contribution < -0.4 is 9.64 Å². The van der Waals surface area contributed by atoms with Gasteiger partial charge >= 0.3 is 0 Å². The van der Waals surface area contributed by atoms with Crippen LogP contribution in [0.15, 0.2) is 78.9 Å². The quantitative estimate of drug-likeness (QED) is 0.496. The molecule has 0 amide bonds. The van der Waals surface area contributed by atoms with Crippen LogP contribution in [-0.2, 0) is 6.61 Å². The van der Waals surface area contributed by atoms with Gasteiger partial charge in [0, 0.05) is 30.9 Å². The van der Waals surface area contributed by atoms with Gasteiger partial charge in [-0.1, -0.05) is 36.3 Å². The van der Waals surface area contributed by atoms with Gasteiger partial charge in [-0.05, 0) is 60.0 Å². The first-order valence-electron chi connectivity index (χ1n) is 8.72. The zero-order valence-corrected chi connectivity index (χ0v) is 15.5. The summed E-state index contributed by atoms with van der Waals surface area (Å²) in [7, 11) is 3.92. The summed E-state index contributed by atoms with van der Waals surface area (Å²) in [6.07, 6.45) is 0. The highest BCUT2D eigenvalue weighted by Crippen LogP contribution is 2.14. The van der Waals surface area contributed by atoms with Crippen molar-refractivity contribution in [2.24, 2.45) is 0 Å². The van der Waals surface area contributed by atoms with Gasteiger partial charge in [0.2, 0.25) is 5.78 Å². The van der Waals surface area contributed by atoms with Crippen molar-refractivity contribution in [2.45, 2.75) is 6.61 Å². The average molecular weight is 355 g/mol. The molecule has 0 atom stereocenters. The summed E-state index contributed by atoms with van der Waals surface area (Å²) >= 11 is 0. The van der Waals surface area contributed by atoms with E-state index in [0.717, 1.165) is 22.6 Å². The number of hydrogen-bond donors (Lipinski definition) is 0. The monoisotopic (exact) mass is 355 g/mol. The third-order valence-electron chi connectivity index (χ3n) is 4.07. The minimum Gasteiger partial charge on any atom is -0.489 e. The Morgan fingerprint density at radius 1 is 0.889 bits per heavy atom. The lowest BCUT2D eigenvalue weighted by molar-refractivity contribution is 0.105. The number of Topliss-reactive ketones (excluding diaryl/α,β-unsaturated/α-hetero) is 1. The summed E-state index contributed by atoms with van der Waals surface area (Å²) in [6.45, 7) is 0.521. The van der Waals surface area contributed by atoms with Gasteiger partial charge in [0.05, 0.1) is 0 Å². The van der Waals surface area contributed by atoms with Crippen molar-refractivity contribution in [1.29, 1.82) is 0 Å². The maximum Gasteiger partial charge on any atom is 0.236 e. The maximum absolute atomic E-state index is 12.2. The fraction of sp³-hybridized carbons (Fsp3) is 0.125. The summed E-state index contributed by atoms with van der Waals surface area (Å²) in [5.41, 5.74) is 3.54. The summed E-state index contributed by atoms with van der Waals surface area (Å²) < 4.78 is 5.75. The lowest BCUT2D eigenvalue weighted by atomic mass is 10.1. The van der Waals surface area contributed by atoms with Crippen molar-refractivity contribution in [3.63, 3.8) is 0 Å². The Kier molecular flexibility index (Phi) is 5.91. The fourth-order valence-corrected chi connectivity index (χ4v) is 2.49. The lowest BCUT2D eigenvalue weighted by Gasteiger charge is -2.11. The maximum atomic E-state index is 12.2. The molecular formula is C24H21NO2. The molecular weight excluding hydrogens is 334 g/mol. The van der Waals surface area contributed by atoms with E-state index < -0.39 is 0 Å². The Hall–Kier alpha value is -3.51. The number of ketones is 1. The number of carbonyl (C=O) groups is 1. The normalized spacial score (nSPS) is 9.85. The highest BCUT2D eigenvalue weighted by molar-refractivity contribution is 6.09. The molecule has 0 saturated carbocycles. The SMILES string of the molecule is CN(C)c1ccc(C(=O)C#Cc2ccc(OCc3ccccc3)cc2)cc1. The molecule has 3 heteroatoms. The Morgan fingerprint density at radius 3 is 2.19 bits per heavy atom. The standard InChI is InChI=1S/C24H21NO2/c1-25(2)22-13-11-21(12-14-22)24(26)17-10-19-8-15-23(16-9-19)27-18-20-6-4-3-5-7-20/h3-9,11-16H,18H2,1-2H3. The van der Waals surface area contributed by atoms with Crippen LogP contribution in [0.4, 0.5) is 5.69 Å². The van der Waals surface area contributed by atoms with Crippen molar-refractivity contribution in [1.82, 2.24) is 0 Å². The van der Waals surface area contributed by atoms with E-state index in [1.165, 1.54) is 0 Å². The molecule has 0 spiro atoms. The van der Waals surface area contributed by atoms with Crippen LogP contribution in [-0.4, -0.2) is 19.9 Å². The Bertz CT molecular complexity index is 947. The molecule has 0 unspecified atom stereocenters. The summed E-state index contributed by atoms with van der Waals surface area (Å²) in [5, 5.41) is 0. The first-order valence-corrected chi connectivity index (χ1v) is 8.72. The van der Waals surface area contributed by atoms with E-state index in [1.807, 2.05) is 85.7 Å². The molecule has 134 valence electrons. The Morgan fingerprint density at radius 2 is 1.56 bits per heavy atom. The van der Waals surface area contributed by atoms with Gasteiger partial charge in [0.15, 0.2) is 0 Å². The summed E-state index contributed by atoms with van der Waals surface area (Å²) in [6, 6.07) is 24.9. The van der Waals surface area contributed by atoms with Crippen molar-refractivity contribution < 1.29 is 9.53 Å². The van der Waals surface area contributed by atoms with Crippen LogP contribution in [0.25, 0.3) is 0 Å². The van der Waals surface area contributed by atoms with Gasteiger partial charge in [-0.25, -0.2) is 0 Å². The van der Waals surface area contributed by atoms with Crippen LogP contribution in [0.1, 0.15) is 21.5 Å².